The first-order valence-corrected chi connectivity index (χ1v) is 10.4. The lowest BCUT2D eigenvalue weighted by molar-refractivity contribution is 0.382. The highest BCUT2D eigenvalue weighted by atomic mass is 35.5. The van der Waals surface area contributed by atoms with Gasteiger partial charge in [0.2, 0.25) is 5.95 Å². The largest absolute Gasteiger partial charge is 0.342 e. The third-order valence-corrected chi connectivity index (χ3v) is 6.46. The molecule has 2 aliphatic rings. The summed E-state index contributed by atoms with van der Waals surface area (Å²) in [5.74, 6) is 3.22. The molecule has 0 N–H and O–H groups in total. The second-order valence-corrected chi connectivity index (χ2v) is 8.11. The van der Waals surface area contributed by atoms with Crippen LogP contribution in [0, 0.1) is 0 Å². The summed E-state index contributed by atoms with van der Waals surface area (Å²) >= 11 is 6.19. The van der Waals surface area contributed by atoms with E-state index in [1.165, 1.54) is 0 Å². The SMILES string of the molecule is CC[C@@]12CCCN1c1nc(-n3ccnc3-c3cccc(Cl)c3)ncc1-n1cnnc12. The molecule has 1 fully saturated rings. The molecule has 150 valence electrons. The maximum absolute atomic E-state index is 6.19. The number of anilines is 1. The number of hydrogen-bond acceptors (Lipinski definition) is 6. The highest BCUT2D eigenvalue weighted by Crippen LogP contribution is 2.48. The van der Waals surface area contributed by atoms with Gasteiger partial charge in [0.05, 0.1) is 6.20 Å². The molecule has 0 amide bonds. The fourth-order valence-corrected chi connectivity index (χ4v) is 5.01. The second-order valence-electron chi connectivity index (χ2n) is 7.67. The molecule has 1 atom stereocenters. The molecule has 0 unspecified atom stereocenters. The molecule has 5 heterocycles. The van der Waals surface area contributed by atoms with Gasteiger partial charge >= 0.3 is 0 Å². The smallest absolute Gasteiger partial charge is 0.237 e. The molecule has 0 saturated carbocycles. The van der Waals surface area contributed by atoms with Crippen LogP contribution in [0.4, 0.5) is 5.82 Å². The minimum absolute atomic E-state index is 0.167. The molecule has 3 aromatic heterocycles. The van der Waals surface area contributed by atoms with Gasteiger partial charge in [0.1, 0.15) is 23.4 Å². The monoisotopic (exact) mass is 418 g/mol. The van der Waals surface area contributed by atoms with Crippen LogP contribution in [-0.4, -0.2) is 40.8 Å². The summed E-state index contributed by atoms with van der Waals surface area (Å²) in [4.78, 5) is 16.6. The van der Waals surface area contributed by atoms with Gasteiger partial charge in [-0.1, -0.05) is 30.7 Å². The molecular weight excluding hydrogens is 400 g/mol. The van der Waals surface area contributed by atoms with Crippen LogP contribution in [0.3, 0.4) is 0 Å². The van der Waals surface area contributed by atoms with Crippen LogP contribution in [0.5, 0.6) is 0 Å². The number of aromatic nitrogens is 7. The zero-order valence-electron chi connectivity index (χ0n) is 16.4. The maximum Gasteiger partial charge on any atom is 0.237 e. The third-order valence-electron chi connectivity index (χ3n) is 6.23. The van der Waals surface area contributed by atoms with E-state index in [4.69, 9.17) is 16.6 Å². The first kappa shape index (κ1) is 17.6. The van der Waals surface area contributed by atoms with E-state index in [-0.39, 0.29) is 5.54 Å². The van der Waals surface area contributed by atoms with Gasteiger partial charge < -0.3 is 4.90 Å². The fraction of sp³-hybridized carbons (Fsp3) is 0.286. The Balaban J connectivity index is 1.53. The Morgan fingerprint density at radius 2 is 2.13 bits per heavy atom. The van der Waals surface area contributed by atoms with Gasteiger partial charge in [0.25, 0.3) is 0 Å². The van der Waals surface area contributed by atoms with Gasteiger partial charge in [-0.15, -0.1) is 10.2 Å². The minimum atomic E-state index is -0.167. The van der Waals surface area contributed by atoms with Crippen molar-refractivity contribution in [2.24, 2.45) is 0 Å². The number of nitrogens with zero attached hydrogens (tertiary/aromatic N) is 8. The quantitative estimate of drug-likeness (QED) is 0.503. The Morgan fingerprint density at radius 1 is 1.20 bits per heavy atom. The van der Waals surface area contributed by atoms with Gasteiger partial charge in [-0.25, -0.2) is 9.97 Å². The number of rotatable bonds is 3. The van der Waals surface area contributed by atoms with Crippen molar-refractivity contribution in [3.05, 3.63) is 60.0 Å². The predicted molar refractivity (Wildman–Crippen MR) is 113 cm³/mol. The van der Waals surface area contributed by atoms with E-state index in [1.54, 1.807) is 12.5 Å². The fourth-order valence-electron chi connectivity index (χ4n) is 4.82. The summed E-state index contributed by atoms with van der Waals surface area (Å²) in [6, 6.07) is 7.64. The van der Waals surface area contributed by atoms with Gasteiger partial charge in [0, 0.05) is 29.5 Å². The first-order chi connectivity index (χ1) is 14.7. The summed E-state index contributed by atoms with van der Waals surface area (Å²) < 4.78 is 3.94. The summed E-state index contributed by atoms with van der Waals surface area (Å²) in [6.45, 7) is 3.15. The molecular formula is C21H19ClN8. The molecule has 6 rings (SSSR count). The molecule has 0 aliphatic carbocycles. The van der Waals surface area contributed by atoms with Crippen LogP contribution in [-0.2, 0) is 5.54 Å². The lowest BCUT2D eigenvalue weighted by atomic mass is 9.90. The topological polar surface area (TPSA) is 77.5 Å². The lowest BCUT2D eigenvalue weighted by Gasteiger charge is -2.42. The van der Waals surface area contributed by atoms with Crippen LogP contribution >= 0.6 is 11.6 Å². The lowest BCUT2D eigenvalue weighted by Crippen LogP contribution is -2.46. The molecule has 0 spiro atoms. The van der Waals surface area contributed by atoms with Crippen molar-refractivity contribution in [3.8, 4) is 23.0 Å². The van der Waals surface area contributed by atoms with Gasteiger partial charge in [-0.2, -0.15) is 4.98 Å². The molecule has 30 heavy (non-hydrogen) atoms. The van der Waals surface area contributed by atoms with E-state index in [0.29, 0.717) is 11.0 Å². The van der Waals surface area contributed by atoms with Gasteiger partial charge in [-0.3, -0.25) is 9.13 Å². The van der Waals surface area contributed by atoms with E-state index in [2.05, 4.69) is 32.0 Å². The molecule has 2 aliphatic heterocycles. The highest BCUT2D eigenvalue weighted by molar-refractivity contribution is 6.30. The number of halogens is 1. The molecule has 0 bridgehead atoms. The van der Waals surface area contributed by atoms with Crippen LogP contribution < -0.4 is 4.90 Å². The predicted octanol–water partition coefficient (Wildman–Crippen LogP) is 3.78. The van der Waals surface area contributed by atoms with E-state index in [1.807, 2.05) is 45.8 Å². The zero-order chi connectivity index (χ0) is 20.3. The second kappa shape index (κ2) is 6.37. The number of fused-ring (bicyclic) bond motifs is 6. The van der Waals surface area contributed by atoms with Crippen molar-refractivity contribution in [1.29, 1.82) is 0 Å². The molecule has 9 heteroatoms. The molecule has 4 aromatic rings. The first-order valence-electron chi connectivity index (χ1n) is 10.1. The Kier molecular flexibility index (Phi) is 3.73. The van der Waals surface area contributed by atoms with E-state index in [0.717, 1.165) is 54.5 Å². The Bertz CT molecular complexity index is 1260. The van der Waals surface area contributed by atoms with Crippen LogP contribution in [0.2, 0.25) is 5.02 Å². The van der Waals surface area contributed by atoms with Crippen molar-refractivity contribution in [1.82, 2.24) is 34.3 Å². The minimum Gasteiger partial charge on any atom is -0.342 e. The highest BCUT2D eigenvalue weighted by Gasteiger charge is 2.49. The van der Waals surface area contributed by atoms with Crippen molar-refractivity contribution in [2.75, 3.05) is 11.4 Å². The van der Waals surface area contributed by atoms with Crippen LogP contribution in [0.1, 0.15) is 32.0 Å². The molecule has 0 radical (unpaired) electrons. The van der Waals surface area contributed by atoms with Crippen LogP contribution in [0.25, 0.3) is 23.0 Å². The summed E-state index contributed by atoms with van der Waals surface area (Å²) in [7, 11) is 0. The van der Waals surface area contributed by atoms with E-state index in [9.17, 15) is 0 Å². The molecule has 1 saturated heterocycles. The summed E-state index contributed by atoms with van der Waals surface area (Å²) in [5.41, 5.74) is 1.66. The van der Waals surface area contributed by atoms with Crippen LogP contribution in [0.15, 0.2) is 49.2 Å². The standard InChI is InChI=1S/C21H19ClN8/c1-2-21-7-4-9-30(21)18-16(29-13-25-27-19(21)29)12-24-20(26-18)28-10-8-23-17(28)14-5-3-6-15(22)11-14/h3,5-6,8,10-13H,2,4,7,9H2,1H3/t21-/m0/s1. The van der Waals surface area contributed by atoms with Crippen molar-refractivity contribution < 1.29 is 0 Å². The summed E-state index contributed by atoms with van der Waals surface area (Å²) in [6.07, 6.45) is 10.3. The number of benzene rings is 1. The third kappa shape index (κ3) is 2.31. The average Bonchev–Trinajstić information content (AvgIpc) is 3.52. The van der Waals surface area contributed by atoms with Gasteiger partial charge in [0.15, 0.2) is 11.6 Å². The van der Waals surface area contributed by atoms with Crippen molar-refractivity contribution in [3.63, 3.8) is 0 Å². The zero-order valence-corrected chi connectivity index (χ0v) is 17.2. The number of hydrogen-bond donors (Lipinski definition) is 0. The van der Waals surface area contributed by atoms with Gasteiger partial charge in [-0.05, 0) is 31.4 Å². The van der Waals surface area contributed by atoms with E-state index < -0.39 is 0 Å². The molecule has 1 aromatic carbocycles. The Morgan fingerprint density at radius 3 is 3.00 bits per heavy atom. The van der Waals surface area contributed by atoms with E-state index >= 15 is 0 Å². The average molecular weight is 419 g/mol. The number of imidazole rings is 1. The normalized spacial score (nSPS) is 19.5. The Labute approximate surface area is 178 Å². The van der Waals surface area contributed by atoms with Crippen molar-refractivity contribution >= 4 is 17.4 Å². The molecule has 8 nitrogen and oxygen atoms in total. The maximum atomic E-state index is 6.19. The summed E-state index contributed by atoms with van der Waals surface area (Å²) in [5, 5.41) is 9.32. The Hall–Kier alpha value is -3.26. The van der Waals surface area contributed by atoms with Crippen molar-refractivity contribution in [2.45, 2.75) is 31.7 Å².